The fraction of sp³-hybridized carbons (Fsp3) is 0.675. The predicted molar refractivity (Wildman–Crippen MR) is 185 cm³/mol. The summed E-state index contributed by atoms with van der Waals surface area (Å²) in [6.07, 6.45) is 27.3. The van der Waals surface area contributed by atoms with E-state index in [1.807, 2.05) is 24.3 Å². The van der Waals surface area contributed by atoms with Gasteiger partial charge in [-0.1, -0.05) is 154 Å². The van der Waals surface area contributed by atoms with Crippen molar-refractivity contribution in [1.82, 2.24) is 0 Å². The molecule has 0 amide bonds. The summed E-state index contributed by atoms with van der Waals surface area (Å²) in [5.41, 5.74) is 2.07. The summed E-state index contributed by atoms with van der Waals surface area (Å²) in [5.74, 6) is 0.767. The highest BCUT2D eigenvalue weighted by Gasteiger charge is 2.18. The first-order valence-electron chi connectivity index (χ1n) is 18.3. The van der Waals surface area contributed by atoms with Crippen LogP contribution < -0.4 is 0 Å². The van der Waals surface area contributed by atoms with Gasteiger partial charge in [-0.2, -0.15) is 0 Å². The van der Waals surface area contributed by atoms with E-state index in [0.29, 0.717) is 25.4 Å². The molecule has 0 aliphatic carbocycles. The number of hydrogen-bond donors (Lipinski definition) is 2. The molecule has 4 heteroatoms. The summed E-state index contributed by atoms with van der Waals surface area (Å²) in [7, 11) is 0. The molecule has 0 aliphatic rings. The van der Waals surface area contributed by atoms with Crippen molar-refractivity contribution in [3.05, 3.63) is 59.7 Å². The van der Waals surface area contributed by atoms with Crippen molar-refractivity contribution >= 4 is 5.97 Å². The summed E-state index contributed by atoms with van der Waals surface area (Å²) in [4.78, 5) is 13.0. The smallest absolute Gasteiger partial charge is 0.305 e. The number of aromatic hydroxyl groups is 2. The molecule has 0 fully saturated rings. The molecule has 0 aliphatic heterocycles. The lowest BCUT2D eigenvalue weighted by Crippen LogP contribution is -2.15. The van der Waals surface area contributed by atoms with Gasteiger partial charge < -0.3 is 14.9 Å². The molecule has 4 nitrogen and oxygen atoms in total. The van der Waals surface area contributed by atoms with E-state index < -0.39 is 0 Å². The second-order valence-corrected chi connectivity index (χ2v) is 13.1. The molecule has 0 saturated heterocycles. The highest BCUT2D eigenvalue weighted by Crippen LogP contribution is 2.31. The van der Waals surface area contributed by atoms with Crippen LogP contribution in [0.1, 0.15) is 172 Å². The van der Waals surface area contributed by atoms with E-state index in [1.165, 1.54) is 116 Å². The van der Waals surface area contributed by atoms with Gasteiger partial charge in [0, 0.05) is 12.3 Å². The highest BCUT2D eigenvalue weighted by atomic mass is 16.5. The van der Waals surface area contributed by atoms with Crippen molar-refractivity contribution in [3.63, 3.8) is 0 Å². The maximum absolute atomic E-state index is 13.0. The Morgan fingerprint density at radius 1 is 0.545 bits per heavy atom. The van der Waals surface area contributed by atoms with Gasteiger partial charge in [0.2, 0.25) is 0 Å². The third-order valence-corrected chi connectivity index (χ3v) is 9.14. The van der Waals surface area contributed by atoms with E-state index in [4.69, 9.17) is 4.74 Å². The minimum Gasteiger partial charge on any atom is -0.508 e. The van der Waals surface area contributed by atoms with E-state index in [1.54, 1.807) is 24.3 Å². The Morgan fingerprint density at radius 2 is 0.909 bits per heavy atom. The van der Waals surface area contributed by atoms with Crippen molar-refractivity contribution in [2.45, 2.75) is 161 Å². The van der Waals surface area contributed by atoms with Gasteiger partial charge in [-0.25, -0.2) is 0 Å². The minimum absolute atomic E-state index is 0.0106. The summed E-state index contributed by atoms with van der Waals surface area (Å²) >= 11 is 0. The summed E-state index contributed by atoms with van der Waals surface area (Å²) in [6.45, 7) is 5.08. The lowest BCUT2D eigenvalue weighted by Gasteiger charge is -2.20. The standard InChI is InChI=1S/C40H64O4/c1-3-5-7-9-11-13-14-16-18-20-22-34(21-19-17-15-12-10-8-6-4-2)33-44-40(43)32-31-39(35-23-27-37(41)28-24-35)36-25-29-38(42)30-26-36/h23-30,34,39,41-42H,3-22,31-33H2,1-2H3. The summed E-state index contributed by atoms with van der Waals surface area (Å²) < 4.78 is 5.91. The molecular formula is C40H64O4. The van der Waals surface area contributed by atoms with Crippen molar-refractivity contribution in [2.75, 3.05) is 6.61 Å². The van der Waals surface area contributed by atoms with Gasteiger partial charge in [0.15, 0.2) is 0 Å². The van der Waals surface area contributed by atoms with Crippen LogP contribution >= 0.6 is 0 Å². The fourth-order valence-electron chi connectivity index (χ4n) is 6.28. The molecule has 2 aromatic rings. The minimum atomic E-state index is -0.128. The number of carbonyl (C=O) groups excluding carboxylic acids is 1. The topological polar surface area (TPSA) is 66.8 Å². The number of unbranched alkanes of at least 4 members (excludes halogenated alkanes) is 16. The first kappa shape index (κ1) is 37.7. The molecule has 1 atom stereocenters. The van der Waals surface area contributed by atoms with Gasteiger partial charge >= 0.3 is 5.97 Å². The number of esters is 1. The molecule has 0 spiro atoms. The molecule has 2 aromatic carbocycles. The van der Waals surface area contributed by atoms with Crippen molar-refractivity contribution in [3.8, 4) is 11.5 Å². The molecule has 2 rings (SSSR count). The number of rotatable bonds is 27. The molecule has 0 heterocycles. The quantitative estimate of drug-likeness (QED) is 0.0782. The molecule has 44 heavy (non-hydrogen) atoms. The Hall–Kier alpha value is -2.49. The van der Waals surface area contributed by atoms with Gasteiger partial charge in [-0.15, -0.1) is 0 Å². The second kappa shape index (κ2) is 24.8. The van der Waals surface area contributed by atoms with Gasteiger partial charge in [-0.3, -0.25) is 4.79 Å². The van der Waals surface area contributed by atoms with E-state index >= 15 is 0 Å². The van der Waals surface area contributed by atoms with Gasteiger partial charge in [0.1, 0.15) is 11.5 Å². The molecule has 0 bridgehead atoms. The predicted octanol–water partition coefficient (Wildman–Crippen LogP) is 12.0. The highest BCUT2D eigenvalue weighted by molar-refractivity contribution is 5.69. The summed E-state index contributed by atoms with van der Waals surface area (Å²) in [6, 6.07) is 14.4. The Labute approximate surface area is 270 Å². The van der Waals surface area contributed by atoms with Gasteiger partial charge in [0.25, 0.3) is 0 Å². The van der Waals surface area contributed by atoms with Crippen LogP contribution in [0.2, 0.25) is 0 Å². The molecule has 0 saturated carbocycles. The number of phenolic OH excluding ortho intramolecular Hbond substituents is 2. The Balaban J connectivity index is 1.80. The average Bonchev–Trinajstić information content (AvgIpc) is 3.03. The zero-order valence-corrected chi connectivity index (χ0v) is 28.2. The lowest BCUT2D eigenvalue weighted by atomic mass is 9.87. The Kier molecular flexibility index (Phi) is 21.2. The van der Waals surface area contributed by atoms with Crippen LogP contribution in [0, 0.1) is 5.92 Å². The third kappa shape index (κ3) is 17.7. The van der Waals surface area contributed by atoms with E-state index in [9.17, 15) is 15.0 Å². The lowest BCUT2D eigenvalue weighted by molar-refractivity contribution is -0.145. The third-order valence-electron chi connectivity index (χ3n) is 9.14. The fourth-order valence-corrected chi connectivity index (χ4v) is 6.28. The largest absolute Gasteiger partial charge is 0.508 e. The van der Waals surface area contributed by atoms with E-state index in [-0.39, 0.29) is 23.4 Å². The maximum atomic E-state index is 13.0. The average molecular weight is 609 g/mol. The second-order valence-electron chi connectivity index (χ2n) is 13.1. The van der Waals surface area contributed by atoms with Gasteiger partial charge in [-0.05, 0) is 60.6 Å². The Bertz CT molecular complexity index is 907. The van der Waals surface area contributed by atoms with Crippen LogP contribution in [0.15, 0.2) is 48.5 Å². The number of phenols is 2. The summed E-state index contributed by atoms with van der Waals surface area (Å²) in [5, 5.41) is 19.5. The molecule has 248 valence electrons. The van der Waals surface area contributed by atoms with Crippen molar-refractivity contribution in [1.29, 1.82) is 0 Å². The van der Waals surface area contributed by atoms with E-state index in [0.717, 1.165) is 24.0 Å². The van der Waals surface area contributed by atoms with Crippen LogP contribution in [-0.4, -0.2) is 22.8 Å². The molecule has 2 N–H and O–H groups in total. The molecule has 0 aromatic heterocycles. The number of benzene rings is 2. The first-order valence-corrected chi connectivity index (χ1v) is 18.3. The van der Waals surface area contributed by atoms with Crippen molar-refractivity contribution in [2.24, 2.45) is 5.92 Å². The zero-order valence-electron chi connectivity index (χ0n) is 28.2. The number of ether oxygens (including phenoxy) is 1. The van der Waals surface area contributed by atoms with Crippen LogP contribution in [0.4, 0.5) is 0 Å². The van der Waals surface area contributed by atoms with Crippen LogP contribution in [0.25, 0.3) is 0 Å². The maximum Gasteiger partial charge on any atom is 0.305 e. The van der Waals surface area contributed by atoms with Gasteiger partial charge in [0.05, 0.1) is 6.61 Å². The monoisotopic (exact) mass is 608 g/mol. The first-order chi connectivity index (χ1) is 21.5. The van der Waals surface area contributed by atoms with E-state index in [2.05, 4.69) is 13.8 Å². The molecular weight excluding hydrogens is 544 g/mol. The molecule has 1 unspecified atom stereocenters. The van der Waals surface area contributed by atoms with Crippen LogP contribution in [0.5, 0.6) is 11.5 Å². The van der Waals surface area contributed by atoms with Crippen LogP contribution in [0.3, 0.4) is 0 Å². The molecule has 0 radical (unpaired) electrons. The van der Waals surface area contributed by atoms with Crippen molar-refractivity contribution < 1.29 is 19.7 Å². The Morgan fingerprint density at radius 3 is 1.30 bits per heavy atom. The normalized spacial score (nSPS) is 12.1. The number of carbonyl (C=O) groups is 1. The SMILES string of the molecule is CCCCCCCCCCCCC(CCCCCCCCCC)COC(=O)CCC(c1ccc(O)cc1)c1ccc(O)cc1. The number of hydrogen-bond acceptors (Lipinski definition) is 4. The zero-order chi connectivity index (χ0) is 31.7. The van der Waals surface area contributed by atoms with Crippen LogP contribution in [-0.2, 0) is 9.53 Å².